The number of rotatable bonds is 5. The van der Waals surface area contributed by atoms with Gasteiger partial charge in [0.15, 0.2) is 0 Å². The Labute approximate surface area is 89.0 Å². The van der Waals surface area contributed by atoms with Crippen molar-refractivity contribution >= 4 is 11.9 Å². The Bertz CT molecular complexity index is 233. The maximum atomic E-state index is 11.2. The lowest BCUT2D eigenvalue weighted by atomic mass is 10.4. The molecule has 0 saturated heterocycles. The van der Waals surface area contributed by atoms with Crippen molar-refractivity contribution in [3.05, 3.63) is 0 Å². The number of carbonyl (C=O) groups excluding carboxylic acids is 2. The van der Waals surface area contributed by atoms with E-state index in [1.54, 1.807) is 0 Å². The summed E-state index contributed by atoms with van der Waals surface area (Å²) in [7, 11) is 0. The molecule has 5 heteroatoms. The van der Waals surface area contributed by atoms with Crippen LogP contribution in [-0.2, 0) is 4.79 Å². The zero-order valence-electron chi connectivity index (χ0n) is 8.71. The number of hydrogen-bond acceptors (Lipinski definition) is 2. The largest absolute Gasteiger partial charge is 0.353 e. The predicted molar refractivity (Wildman–Crippen MR) is 55.3 cm³/mol. The van der Waals surface area contributed by atoms with Crippen molar-refractivity contribution in [2.45, 2.75) is 44.2 Å². The van der Waals surface area contributed by atoms with E-state index in [2.05, 4.69) is 16.0 Å². The first-order valence-electron chi connectivity index (χ1n) is 5.58. The third-order valence-corrected chi connectivity index (χ3v) is 2.49. The molecule has 5 nitrogen and oxygen atoms in total. The van der Waals surface area contributed by atoms with Crippen LogP contribution in [-0.4, -0.2) is 30.6 Å². The molecule has 0 bridgehead atoms. The number of nitrogens with one attached hydrogen (secondary N) is 3. The summed E-state index contributed by atoms with van der Waals surface area (Å²) in [5, 5.41) is 8.34. The van der Waals surface area contributed by atoms with E-state index in [0.29, 0.717) is 25.0 Å². The molecule has 0 radical (unpaired) electrons. The molecule has 0 aliphatic heterocycles. The van der Waals surface area contributed by atoms with E-state index in [1.165, 1.54) is 0 Å². The summed E-state index contributed by atoms with van der Waals surface area (Å²) in [4.78, 5) is 22.4. The van der Waals surface area contributed by atoms with Crippen molar-refractivity contribution in [3.8, 4) is 0 Å². The molecule has 2 saturated carbocycles. The highest BCUT2D eigenvalue weighted by Gasteiger charge is 2.24. The Kier molecular flexibility index (Phi) is 3.08. The van der Waals surface area contributed by atoms with E-state index < -0.39 is 0 Å². The Balaban J connectivity index is 1.48. The highest BCUT2D eigenvalue weighted by atomic mass is 16.2. The van der Waals surface area contributed by atoms with Crippen LogP contribution in [0.15, 0.2) is 0 Å². The van der Waals surface area contributed by atoms with Gasteiger partial charge in [-0.15, -0.1) is 0 Å². The second kappa shape index (κ2) is 4.51. The van der Waals surface area contributed by atoms with E-state index in [0.717, 1.165) is 25.7 Å². The Morgan fingerprint density at radius 1 is 1.00 bits per heavy atom. The number of hydrogen-bond donors (Lipinski definition) is 3. The summed E-state index contributed by atoms with van der Waals surface area (Å²) < 4.78 is 0. The number of urea groups is 1. The van der Waals surface area contributed by atoms with Gasteiger partial charge in [0.05, 0.1) is 0 Å². The second-order valence-corrected chi connectivity index (χ2v) is 4.27. The molecule has 2 aliphatic carbocycles. The summed E-state index contributed by atoms with van der Waals surface area (Å²) in [6.07, 6.45) is 4.72. The van der Waals surface area contributed by atoms with Gasteiger partial charge in [0.2, 0.25) is 5.91 Å². The zero-order chi connectivity index (χ0) is 10.7. The van der Waals surface area contributed by atoms with Gasteiger partial charge in [-0.05, 0) is 25.7 Å². The molecule has 2 aliphatic rings. The molecule has 15 heavy (non-hydrogen) atoms. The van der Waals surface area contributed by atoms with E-state index in [-0.39, 0.29) is 11.9 Å². The Morgan fingerprint density at radius 3 is 2.20 bits per heavy atom. The van der Waals surface area contributed by atoms with Crippen molar-refractivity contribution < 1.29 is 9.59 Å². The monoisotopic (exact) mass is 211 g/mol. The van der Waals surface area contributed by atoms with Crippen LogP contribution < -0.4 is 16.0 Å². The highest BCUT2D eigenvalue weighted by Crippen LogP contribution is 2.18. The second-order valence-electron chi connectivity index (χ2n) is 4.27. The summed E-state index contributed by atoms with van der Waals surface area (Å²) >= 11 is 0. The minimum atomic E-state index is -0.156. The van der Waals surface area contributed by atoms with Crippen LogP contribution in [0.3, 0.4) is 0 Å². The lowest BCUT2D eigenvalue weighted by Crippen LogP contribution is -2.39. The summed E-state index contributed by atoms with van der Waals surface area (Å²) in [6.45, 7) is 0.414. The van der Waals surface area contributed by atoms with Crippen LogP contribution in [0.25, 0.3) is 0 Å². The molecule has 0 aromatic heterocycles. The number of amides is 3. The Morgan fingerprint density at radius 2 is 1.60 bits per heavy atom. The van der Waals surface area contributed by atoms with Gasteiger partial charge in [-0.25, -0.2) is 4.79 Å². The van der Waals surface area contributed by atoms with Crippen molar-refractivity contribution in [2.24, 2.45) is 0 Å². The summed E-state index contributed by atoms with van der Waals surface area (Å²) in [5.74, 6) is 0.0317. The summed E-state index contributed by atoms with van der Waals surface area (Å²) in [6, 6.07) is 0.611. The van der Waals surface area contributed by atoms with E-state index in [4.69, 9.17) is 0 Å². The van der Waals surface area contributed by atoms with Gasteiger partial charge in [-0.3, -0.25) is 4.79 Å². The van der Waals surface area contributed by atoms with Crippen LogP contribution >= 0.6 is 0 Å². The first-order chi connectivity index (χ1) is 7.24. The van der Waals surface area contributed by atoms with Gasteiger partial charge < -0.3 is 16.0 Å². The SMILES string of the molecule is O=C(CCNC(=O)NC1CC1)NC1CC1. The van der Waals surface area contributed by atoms with Gasteiger partial charge in [-0.1, -0.05) is 0 Å². The zero-order valence-corrected chi connectivity index (χ0v) is 8.71. The van der Waals surface area contributed by atoms with E-state index in [9.17, 15) is 9.59 Å². The first kappa shape index (κ1) is 10.3. The van der Waals surface area contributed by atoms with Crippen LogP contribution in [0.1, 0.15) is 32.1 Å². The van der Waals surface area contributed by atoms with Crippen molar-refractivity contribution in [3.63, 3.8) is 0 Å². The van der Waals surface area contributed by atoms with Crippen molar-refractivity contribution in [1.29, 1.82) is 0 Å². The molecular formula is C10H17N3O2. The van der Waals surface area contributed by atoms with Gasteiger partial charge >= 0.3 is 6.03 Å². The molecule has 0 unspecified atom stereocenters. The molecule has 2 fully saturated rings. The number of carbonyl (C=O) groups is 2. The smallest absolute Gasteiger partial charge is 0.315 e. The van der Waals surface area contributed by atoms with Gasteiger partial charge in [0.25, 0.3) is 0 Å². The normalized spacial score (nSPS) is 19.5. The van der Waals surface area contributed by atoms with Gasteiger partial charge in [0, 0.05) is 25.0 Å². The lowest BCUT2D eigenvalue weighted by Gasteiger charge is -2.06. The fraction of sp³-hybridized carbons (Fsp3) is 0.800. The van der Waals surface area contributed by atoms with Crippen molar-refractivity contribution in [2.75, 3.05) is 6.54 Å². The van der Waals surface area contributed by atoms with Gasteiger partial charge in [-0.2, -0.15) is 0 Å². The molecule has 0 heterocycles. The van der Waals surface area contributed by atoms with Crippen molar-refractivity contribution in [1.82, 2.24) is 16.0 Å². The van der Waals surface area contributed by atoms with Gasteiger partial charge in [0.1, 0.15) is 0 Å². The third kappa shape index (κ3) is 4.18. The Hall–Kier alpha value is -1.26. The molecule has 3 amide bonds. The molecular weight excluding hydrogens is 194 g/mol. The average molecular weight is 211 g/mol. The molecule has 3 N–H and O–H groups in total. The third-order valence-electron chi connectivity index (χ3n) is 2.49. The molecule has 0 aromatic rings. The molecule has 84 valence electrons. The molecule has 0 atom stereocenters. The molecule has 2 rings (SSSR count). The fourth-order valence-corrected chi connectivity index (χ4v) is 1.28. The average Bonchev–Trinajstić information content (AvgIpc) is 2.99. The topological polar surface area (TPSA) is 70.2 Å². The minimum absolute atomic E-state index is 0.0317. The molecule has 0 spiro atoms. The standard InChI is InChI=1S/C10H17N3O2/c14-9(12-7-1-2-7)5-6-11-10(15)13-8-3-4-8/h7-8H,1-6H2,(H,12,14)(H2,11,13,15). The first-order valence-corrected chi connectivity index (χ1v) is 5.58. The highest BCUT2D eigenvalue weighted by molar-refractivity contribution is 5.78. The lowest BCUT2D eigenvalue weighted by molar-refractivity contribution is -0.121. The van der Waals surface area contributed by atoms with Crippen LogP contribution in [0.5, 0.6) is 0 Å². The van der Waals surface area contributed by atoms with Crippen LogP contribution in [0, 0.1) is 0 Å². The maximum absolute atomic E-state index is 11.2. The van der Waals surface area contributed by atoms with E-state index in [1.807, 2.05) is 0 Å². The summed E-state index contributed by atoms with van der Waals surface area (Å²) in [5.41, 5.74) is 0. The van der Waals surface area contributed by atoms with Crippen LogP contribution in [0.4, 0.5) is 4.79 Å². The fourth-order valence-electron chi connectivity index (χ4n) is 1.28. The van der Waals surface area contributed by atoms with Crippen LogP contribution in [0.2, 0.25) is 0 Å². The maximum Gasteiger partial charge on any atom is 0.315 e. The predicted octanol–water partition coefficient (Wildman–Crippen LogP) is 0.117. The minimum Gasteiger partial charge on any atom is -0.353 e. The van der Waals surface area contributed by atoms with E-state index >= 15 is 0 Å². The quantitative estimate of drug-likeness (QED) is 0.604. The molecule has 0 aromatic carbocycles.